The number of carbonyl (C=O) groups is 2. The van der Waals surface area contributed by atoms with Crippen molar-refractivity contribution in [2.45, 2.75) is 13.8 Å². The Kier molecular flexibility index (Phi) is 11.5. The van der Waals surface area contributed by atoms with Gasteiger partial charge in [-0.25, -0.2) is 20.3 Å². The van der Waals surface area contributed by atoms with Crippen molar-refractivity contribution in [2.75, 3.05) is 14.2 Å². The summed E-state index contributed by atoms with van der Waals surface area (Å²) < 4.78 is 9.17. The lowest BCUT2D eigenvalue weighted by molar-refractivity contribution is 0.0591. The number of hydrogen-bond acceptors (Lipinski definition) is 8. The largest absolute Gasteiger partial charge is 0.465 e. The van der Waals surface area contributed by atoms with Gasteiger partial charge in [-0.1, -0.05) is 29.4 Å². The summed E-state index contributed by atoms with van der Waals surface area (Å²) in [5.74, 6) is 2.74. The van der Waals surface area contributed by atoms with E-state index in [0.29, 0.717) is 27.9 Å². The van der Waals surface area contributed by atoms with Crippen LogP contribution in [-0.4, -0.2) is 42.4 Å². The molecule has 2 aromatic carbocycles. The Morgan fingerprint density at radius 1 is 0.967 bits per heavy atom. The van der Waals surface area contributed by atoms with Crippen LogP contribution in [0.5, 0.6) is 0 Å². The Bertz CT molecular complexity index is 951. The zero-order valence-corrected chi connectivity index (χ0v) is 17.0. The highest BCUT2D eigenvalue weighted by atomic mass is 16.5. The summed E-state index contributed by atoms with van der Waals surface area (Å²) >= 11 is 0. The van der Waals surface area contributed by atoms with E-state index in [0.717, 1.165) is 5.56 Å². The number of oxime groups is 1. The molecule has 0 aliphatic rings. The first-order valence-corrected chi connectivity index (χ1v) is 8.28. The third-order valence-electron chi connectivity index (χ3n) is 3.78. The summed E-state index contributed by atoms with van der Waals surface area (Å²) in [4.78, 5) is 25.6. The zero-order chi connectivity index (χ0) is 23.3. The molecule has 0 bridgehead atoms. The molecule has 0 radical (unpaired) electrons. The van der Waals surface area contributed by atoms with Gasteiger partial charge < -0.3 is 25.6 Å². The number of nitrogens with two attached hydrogens (primary N) is 2. The Hall–Kier alpha value is -3.94. The van der Waals surface area contributed by atoms with Crippen LogP contribution in [-0.2, 0) is 9.47 Å². The molecule has 6 N–H and O–H groups in total. The molecule has 0 fully saturated rings. The normalized spacial score (nSPS) is 9.70. The molecule has 10 heteroatoms. The molecular weight excluding hydrogens is 392 g/mol. The summed E-state index contributed by atoms with van der Waals surface area (Å²) in [7, 11) is 2.66. The van der Waals surface area contributed by atoms with Crippen LogP contribution in [0.2, 0.25) is 0 Å². The van der Waals surface area contributed by atoms with Crippen LogP contribution in [0, 0.1) is 20.4 Å². The highest BCUT2D eigenvalue weighted by Gasteiger charge is 2.10. The van der Waals surface area contributed by atoms with Gasteiger partial charge in [0.15, 0.2) is 11.5 Å². The highest BCUT2D eigenvalue weighted by Crippen LogP contribution is 2.18. The lowest BCUT2D eigenvalue weighted by Gasteiger charge is -2.05. The van der Waals surface area contributed by atoms with Crippen molar-refractivity contribution in [3.63, 3.8) is 0 Å². The predicted octanol–water partition coefficient (Wildman–Crippen LogP) is 2.54. The van der Waals surface area contributed by atoms with Gasteiger partial charge >= 0.3 is 11.9 Å². The second kappa shape index (κ2) is 13.3. The van der Waals surface area contributed by atoms with Gasteiger partial charge in [0.2, 0.25) is 0 Å². The number of methoxy groups -OCH3 is 2. The maximum absolute atomic E-state index is 11.3. The molecule has 0 aromatic heterocycles. The first-order chi connectivity index (χ1) is 14.3. The minimum atomic E-state index is -0.404. The third-order valence-corrected chi connectivity index (χ3v) is 3.78. The number of hydrogen-bond donors (Lipinski definition) is 4. The number of rotatable bonds is 3. The second-order valence-electron chi connectivity index (χ2n) is 5.61. The van der Waals surface area contributed by atoms with E-state index in [1.165, 1.54) is 14.2 Å². The minimum absolute atomic E-state index is 0.00881. The van der Waals surface area contributed by atoms with Gasteiger partial charge in [0.1, 0.15) is 0 Å². The maximum atomic E-state index is 11.3. The van der Waals surface area contributed by atoms with Crippen LogP contribution in [0.4, 0.5) is 5.69 Å². The van der Waals surface area contributed by atoms with Crippen molar-refractivity contribution >= 4 is 23.5 Å². The van der Waals surface area contributed by atoms with E-state index >= 15 is 0 Å². The average molecular weight is 416 g/mol. The summed E-state index contributed by atoms with van der Waals surface area (Å²) in [5.41, 5.74) is 8.95. The Morgan fingerprint density at radius 2 is 1.43 bits per heavy atom. The average Bonchev–Trinajstić information content (AvgIpc) is 2.79. The van der Waals surface area contributed by atoms with Gasteiger partial charge in [-0.2, -0.15) is 0 Å². The van der Waals surface area contributed by atoms with Crippen LogP contribution in [0.15, 0.2) is 41.6 Å². The number of carbonyl (C=O) groups excluding carboxylic acids is 2. The number of amidine groups is 1. The summed E-state index contributed by atoms with van der Waals surface area (Å²) in [6, 6.07) is 9.70. The Labute approximate surface area is 174 Å². The molecule has 0 aliphatic carbocycles. The van der Waals surface area contributed by atoms with Gasteiger partial charge in [0, 0.05) is 5.56 Å². The quantitative estimate of drug-likeness (QED) is 0.148. The van der Waals surface area contributed by atoms with E-state index in [-0.39, 0.29) is 11.8 Å². The van der Waals surface area contributed by atoms with Crippen LogP contribution >= 0.6 is 0 Å². The summed E-state index contributed by atoms with van der Waals surface area (Å²) in [6.07, 6.45) is 0. The standard InChI is InChI=1S/C10H12N2O3.C10H9NO2.H3NO/c1-6-5-7(9(11)12-14)3-4-8(6)10(13)15-2;1-7-6-8(11-2)4-5-9(7)10(12)13-3;1-2/h3-5,14H,1-2H3,(H2,11,12);4-6H,1,3H3;2H,1H2. The summed E-state index contributed by atoms with van der Waals surface area (Å²) in [5, 5.41) is 17.8. The van der Waals surface area contributed by atoms with E-state index in [1.54, 1.807) is 50.2 Å². The van der Waals surface area contributed by atoms with Gasteiger partial charge in [-0.05, 0) is 37.1 Å². The van der Waals surface area contributed by atoms with E-state index in [9.17, 15) is 9.59 Å². The molecule has 0 saturated carbocycles. The van der Waals surface area contributed by atoms with E-state index in [4.69, 9.17) is 22.7 Å². The predicted molar refractivity (Wildman–Crippen MR) is 110 cm³/mol. The van der Waals surface area contributed by atoms with Gasteiger partial charge in [-0.3, -0.25) is 0 Å². The fourth-order valence-electron chi connectivity index (χ4n) is 2.28. The second-order valence-corrected chi connectivity index (χ2v) is 5.61. The first-order valence-electron chi connectivity index (χ1n) is 8.28. The molecule has 2 aromatic rings. The third kappa shape index (κ3) is 7.23. The topological polar surface area (TPSA) is 162 Å². The fraction of sp³-hybridized carbons (Fsp3) is 0.200. The van der Waals surface area contributed by atoms with E-state index in [1.807, 2.05) is 0 Å². The Morgan fingerprint density at radius 3 is 1.80 bits per heavy atom. The molecule has 0 amide bonds. The number of nitrogens with zero attached hydrogens (tertiary/aromatic N) is 2. The van der Waals surface area contributed by atoms with Crippen LogP contribution < -0.4 is 11.6 Å². The maximum Gasteiger partial charge on any atom is 0.338 e. The van der Waals surface area contributed by atoms with Crippen molar-refractivity contribution in [2.24, 2.45) is 16.8 Å². The molecule has 0 saturated heterocycles. The van der Waals surface area contributed by atoms with Crippen molar-refractivity contribution < 1.29 is 29.5 Å². The number of benzene rings is 2. The van der Waals surface area contributed by atoms with Gasteiger partial charge in [-0.15, -0.1) is 0 Å². The number of aryl methyl sites for hydroxylation is 2. The lowest BCUT2D eigenvalue weighted by atomic mass is 10.0. The molecule has 0 heterocycles. The smallest absolute Gasteiger partial charge is 0.338 e. The fourth-order valence-corrected chi connectivity index (χ4v) is 2.28. The van der Waals surface area contributed by atoms with Crippen LogP contribution in [0.1, 0.15) is 37.4 Å². The van der Waals surface area contributed by atoms with E-state index < -0.39 is 5.97 Å². The van der Waals surface area contributed by atoms with E-state index in [2.05, 4.69) is 25.4 Å². The lowest BCUT2D eigenvalue weighted by Crippen LogP contribution is -2.14. The number of esters is 2. The van der Waals surface area contributed by atoms with Gasteiger partial charge in [0.05, 0.1) is 31.9 Å². The molecular formula is C20H24N4O6. The van der Waals surface area contributed by atoms with Crippen molar-refractivity contribution in [1.29, 1.82) is 0 Å². The van der Waals surface area contributed by atoms with Crippen molar-refractivity contribution in [1.82, 2.24) is 0 Å². The molecule has 30 heavy (non-hydrogen) atoms. The van der Waals surface area contributed by atoms with Crippen LogP contribution in [0.25, 0.3) is 4.85 Å². The molecule has 0 aliphatic heterocycles. The molecule has 10 nitrogen and oxygen atoms in total. The Balaban J connectivity index is 0.000000522. The minimum Gasteiger partial charge on any atom is -0.465 e. The monoisotopic (exact) mass is 416 g/mol. The van der Waals surface area contributed by atoms with Crippen LogP contribution in [0.3, 0.4) is 0 Å². The molecule has 2 rings (SSSR count). The van der Waals surface area contributed by atoms with Crippen molar-refractivity contribution in [3.05, 3.63) is 75.6 Å². The highest BCUT2D eigenvalue weighted by molar-refractivity contribution is 5.99. The summed E-state index contributed by atoms with van der Waals surface area (Å²) in [6.45, 7) is 10.3. The molecule has 0 spiro atoms. The molecule has 0 atom stereocenters. The van der Waals surface area contributed by atoms with Crippen molar-refractivity contribution in [3.8, 4) is 0 Å². The number of ether oxygens (including phenoxy) is 2. The molecule has 160 valence electrons. The first kappa shape index (κ1) is 26.1. The zero-order valence-electron chi connectivity index (χ0n) is 17.0. The van der Waals surface area contributed by atoms with Gasteiger partial charge in [0.25, 0.3) is 0 Å². The molecule has 0 unspecified atom stereocenters. The SMILES string of the molecule is COC(=O)c1ccc(/C(N)=N\O)cc1C.NO.[C-]#[N+]c1ccc(C(=O)OC)c(C)c1.